The molecule has 0 radical (unpaired) electrons. The summed E-state index contributed by atoms with van der Waals surface area (Å²) in [6.07, 6.45) is -1.55. The number of hydrogen-bond acceptors (Lipinski definition) is 8. The number of fused-ring (bicyclic) bond motifs is 1. The van der Waals surface area contributed by atoms with Crippen LogP contribution < -0.4 is 10.2 Å². The van der Waals surface area contributed by atoms with Gasteiger partial charge in [0, 0.05) is 55.1 Å². The normalized spacial score (nSPS) is 24.0. The van der Waals surface area contributed by atoms with Crippen molar-refractivity contribution in [2.45, 2.75) is 38.5 Å². The van der Waals surface area contributed by atoms with E-state index in [1.807, 2.05) is 6.92 Å². The third-order valence-corrected chi connectivity index (χ3v) is 9.29. The van der Waals surface area contributed by atoms with Gasteiger partial charge in [-0.3, -0.25) is 14.4 Å². The lowest BCUT2D eigenvalue weighted by atomic mass is 9.96. The fourth-order valence-corrected chi connectivity index (χ4v) is 6.59. The largest absolute Gasteiger partial charge is 0.367 e. The van der Waals surface area contributed by atoms with Crippen molar-refractivity contribution >= 4 is 34.1 Å². The predicted molar refractivity (Wildman–Crippen MR) is 152 cm³/mol. The Kier molecular flexibility index (Phi) is 9.00. The molecule has 9 nitrogen and oxygen atoms in total. The van der Waals surface area contributed by atoms with Crippen LogP contribution in [-0.4, -0.2) is 96.9 Å². The van der Waals surface area contributed by atoms with Gasteiger partial charge < -0.3 is 24.8 Å². The quantitative estimate of drug-likeness (QED) is 0.493. The number of rotatable bonds is 8. The first-order valence-electron chi connectivity index (χ1n) is 14.0. The highest BCUT2D eigenvalue weighted by molar-refractivity contribution is 7.14. The van der Waals surface area contributed by atoms with Crippen LogP contribution in [0, 0.1) is 17.7 Å². The second-order valence-electron chi connectivity index (χ2n) is 11.1. The lowest BCUT2D eigenvalue weighted by molar-refractivity contribution is -0.139. The first-order chi connectivity index (χ1) is 20.1. The number of likely N-dealkylation sites (tertiary alicyclic amines) is 1. The zero-order valence-corrected chi connectivity index (χ0v) is 24.5. The van der Waals surface area contributed by atoms with Gasteiger partial charge in [-0.05, 0) is 37.2 Å². The number of halogens is 3. The molecule has 2 aromatic rings. The lowest BCUT2D eigenvalue weighted by Gasteiger charge is -2.32. The Morgan fingerprint density at radius 2 is 1.98 bits per heavy atom. The Labute approximate surface area is 246 Å². The number of carbonyl (C=O) groups excluding carboxylic acids is 3. The van der Waals surface area contributed by atoms with Crippen LogP contribution in [0.2, 0.25) is 0 Å². The average molecular weight is 606 g/mol. The first-order valence-corrected chi connectivity index (χ1v) is 14.9. The van der Waals surface area contributed by atoms with E-state index in [0.29, 0.717) is 18.2 Å². The van der Waals surface area contributed by atoms with Crippen molar-refractivity contribution in [1.29, 1.82) is 0 Å². The summed E-state index contributed by atoms with van der Waals surface area (Å²) in [5.41, 5.74) is 0.762. The van der Waals surface area contributed by atoms with E-state index in [4.69, 9.17) is 4.74 Å². The van der Waals surface area contributed by atoms with E-state index in [0.717, 1.165) is 37.4 Å². The number of ketones is 1. The average Bonchev–Trinajstić information content (AvgIpc) is 3.69. The van der Waals surface area contributed by atoms with E-state index in [9.17, 15) is 23.2 Å². The molecule has 0 saturated carbocycles. The van der Waals surface area contributed by atoms with E-state index in [-0.39, 0.29) is 36.0 Å². The fraction of sp³-hybridized carbons (Fsp3) is 0.517. The van der Waals surface area contributed by atoms with Gasteiger partial charge in [-0.2, -0.15) is 8.78 Å². The molecule has 2 amide bonds. The second kappa shape index (κ2) is 12.5. The predicted octanol–water partition coefficient (Wildman–Crippen LogP) is 3.42. The first kappa shape index (κ1) is 30.2. The molecule has 13 heteroatoms. The molecule has 226 valence electrons. The number of piperazine rings is 1. The van der Waals surface area contributed by atoms with Gasteiger partial charge in [-0.1, -0.05) is 20.3 Å². The number of nitrogens with one attached hydrogen (secondary N) is 1. The van der Waals surface area contributed by atoms with Crippen molar-refractivity contribution in [2.24, 2.45) is 11.8 Å². The summed E-state index contributed by atoms with van der Waals surface area (Å²) in [5, 5.41) is 5.32. The van der Waals surface area contributed by atoms with Crippen molar-refractivity contribution in [3.8, 4) is 11.3 Å². The summed E-state index contributed by atoms with van der Waals surface area (Å²) in [5.74, 6) is -3.40. The summed E-state index contributed by atoms with van der Waals surface area (Å²) in [6, 6.07) is 2.04. The molecule has 0 spiro atoms. The highest BCUT2D eigenvalue weighted by Crippen LogP contribution is 2.35. The number of hydrogen-bond donors (Lipinski definition) is 1. The number of benzene rings is 1. The number of amides is 2. The zero-order chi connectivity index (χ0) is 30.1. The molecule has 0 aliphatic carbocycles. The van der Waals surface area contributed by atoms with Crippen LogP contribution in [0.25, 0.3) is 11.3 Å². The van der Waals surface area contributed by atoms with Crippen molar-refractivity contribution in [3.05, 3.63) is 47.1 Å². The van der Waals surface area contributed by atoms with Crippen molar-refractivity contribution in [2.75, 3.05) is 51.3 Å². The molecule has 5 atom stereocenters. The number of thiazole rings is 1. The summed E-state index contributed by atoms with van der Waals surface area (Å²) < 4.78 is 46.8. The molecule has 42 heavy (non-hydrogen) atoms. The Balaban J connectivity index is 1.31. The van der Waals surface area contributed by atoms with Crippen LogP contribution in [0.4, 0.5) is 18.3 Å². The van der Waals surface area contributed by atoms with E-state index < -0.39 is 47.8 Å². The number of aromatic nitrogens is 1. The van der Waals surface area contributed by atoms with Crippen molar-refractivity contribution < 1.29 is 32.3 Å². The number of likely N-dealkylation sites (N-methyl/N-ethyl adjacent to an activating group) is 1. The molecule has 5 unspecified atom stereocenters. The molecule has 3 aliphatic heterocycles. The number of carbonyl (C=O) groups is 3. The molecule has 3 saturated heterocycles. The Morgan fingerprint density at radius 3 is 2.64 bits per heavy atom. The summed E-state index contributed by atoms with van der Waals surface area (Å²) in [6.45, 7) is 6.74. The van der Waals surface area contributed by atoms with Gasteiger partial charge in [0.2, 0.25) is 5.91 Å². The topological polar surface area (TPSA) is 95.1 Å². The van der Waals surface area contributed by atoms with E-state index in [2.05, 4.69) is 27.1 Å². The van der Waals surface area contributed by atoms with E-state index in [1.54, 1.807) is 12.3 Å². The number of anilines is 1. The highest BCUT2D eigenvalue weighted by atomic mass is 32.1. The summed E-state index contributed by atoms with van der Waals surface area (Å²) >= 11 is 1.44. The molecule has 5 rings (SSSR count). The van der Waals surface area contributed by atoms with Gasteiger partial charge in [-0.25, -0.2) is 9.37 Å². The minimum Gasteiger partial charge on any atom is -0.367 e. The molecular formula is C29H34F3N5O4S. The minimum atomic E-state index is -1.92. The van der Waals surface area contributed by atoms with Crippen LogP contribution in [0.15, 0.2) is 35.7 Å². The Morgan fingerprint density at radius 1 is 1.24 bits per heavy atom. The molecule has 1 N–H and O–H groups in total. The lowest BCUT2D eigenvalue weighted by Crippen LogP contribution is -2.54. The number of Topliss-reactive ketones (excluding diaryl/α,β-unsaturated/α-hetero) is 1. The van der Waals surface area contributed by atoms with Crippen LogP contribution >= 0.6 is 11.3 Å². The SMILES string of the molecule is CCC(C)C(NC(=O)c1ccc(-c2csc(N3CCN(C)CC3)n2)c(F)c1)C(=O)N1CC(C=C(F)F)C2OCC(=O)C21. The maximum atomic E-state index is 15.3. The molecule has 1 aromatic carbocycles. The third-order valence-electron chi connectivity index (χ3n) is 8.39. The fourth-order valence-electron chi connectivity index (χ4n) is 5.71. The van der Waals surface area contributed by atoms with Gasteiger partial charge in [0.05, 0.1) is 11.8 Å². The van der Waals surface area contributed by atoms with E-state index in [1.165, 1.54) is 28.4 Å². The smallest absolute Gasteiger partial charge is 0.266 e. The van der Waals surface area contributed by atoms with Gasteiger partial charge in [0.25, 0.3) is 12.0 Å². The third kappa shape index (κ3) is 6.09. The van der Waals surface area contributed by atoms with Crippen LogP contribution in [0.1, 0.15) is 30.6 Å². The Hall–Kier alpha value is -3.29. The summed E-state index contributed by atoms with van der Waals surface area (Å²) in [4.78, 5) is 49.8. The summed E-state index contributed by atoms with van der Waals surface area (Å²) in [7, 11) is 2.07. The molecule has 3 aliphatic rings. The molecule has 1 aromatic heterocycles. The van der Waals surface area contributed by atoms with Crippen molar-refractivity contribution in [1.82, 2.24) is 20.1 Å². The molecule has 3 fully saturated rings. The highest BCUT2D eigenvalue weighted by Gasteiger charge is 2.53. The number of ether oxygens (including phenoxy) is 1. The maximum absolute atomic E-state index is 15.3. The van der Waals surface area contributed by atoms with Gasteiger partial charge in [0.1, 0.15) is 24.5 Å². The Bertz CT molecular complexity index is 1370. The second-order valence-corrected chi connectivity index (χ2v) is 12.0. The van der Waals surface area contributed by atoms with Crippen molar-refractivity contribution in [3.63, 3.8) is 0 Å². The van der Waals surface area contributed by atoms with Crippen LogP contribution in [0.5, 0.6) is 0 Å². The monoisotopic (exact) mass is 605 g/mol. The minimum absolute atomic E-state index is 0.0201. The zero-order valence-electron chi connectivity index (χ0n) is 23.7. The number of nitrogens with zero attached hydrogens (tertiary/aromatic N) is 4. The van der Waals surface area contributed by atoms with Crippen LogP contribution in [-0.2, 0) is 14.3 Å². The standard InChI is InChI=1S/C29H34F3N5O4S/c1-4-16(2)24(28(40)37-13-18(12-23(31)32)26-25(37)22(38)14-41-26)34-27(39)17-5-6-19(20(30)11-17)21-15-42-29(33-21)36-9-7-35(3)8-10-36/h5-6,11-12,15-16,18,24-26H,4,7-10,13-14H2,1-3H3,(H,34,39). The maximum Gasteiger partial charge on any atom is 0.266 e. The van der Waals surface area contributed by atoms with Gasteiger partial charge in [0.15, 0.2) is 10.9 Å². The molecule has 4 heterocycles. The van der Waals surface area contributed by atoms with Crippen LogP contribution in [0.3, 0.4) is 0 Å². The molecule has 0 bridgehead atoms. The van der Waals surface area contributed by atoms with E-state index >= 15 is 4.39 Å². The van der Waals surface area contributed by atoms with Gasteiger partial charge >= 0.3 is 0 Å². The van der Waals surface area contributed by atoms with Gasteiger partial charge in [-0.15, -0.1) is 11.3 Å². The molecular weight excluding hydrogens is 571 g/mol.